The van der Waals surface area contributed by atoms with Crippen LogP contribution in [0.2, 0.25) is 0 Å². The summed E-state index contributed by atoms with van der Waals surface area (Å²) in [6, 6.07) is 12.3. The molecule has 0 fully saturated rings. The predicted octanol–water partition coefficient (Wildman–Crippen LogP) is 3.82. The summed E-state index contributed by atoms with van der Waals surface area (Å²) in [4.78, 5) is 0. The first kappa shape index (κ1) is 10.6. The molecular weight excluding hydrogens is 196 g/mol. The van der Waals surface area contributed by atoms with Crippen molar-refractivity contribution in [3.63, 3.8) is 0 Å². The van der Waals surface area contributed by atoms with Gasteiger partial charge >= 0.3 is 0 Å². The Morgan fingerprint density at radius 2 is 1.88 bits per heavy atom. The van der Waals surface area contributed by atoms with Crippen LogP contribution in [-0.2, 0) is 6.42 Å². The molecule has 1 nitrogen and oxygen atoms in total. The van der Waals surface area contributed by atoms with Crippen LogP contribution in [0.15, 0.2) is 40.8 Å². The molecule has 1 heterocycles. The van der Waals surface area contributed by atoms with Gasteiger partial charge in [0.05, 0.1) is 0 Å². The fraction of sp³-hybridized carbons (Fsp3) is 0.200. The van der Waals surface area contributed by atoms with E-state index >= 15 is 0 Å². The predicted molar refractivity (Wildman–Crippen MR) is 66.0 cm³/mol. The Morgan fingerprint density at radius 1 is 1.12 bits per heavy atom. The Hall–Kier alpha value is -1.94. The van der Waals surface area contributed by atoms with Gasteiger partial charge in [-0.05, 0) is 19.1 Å². The van der Waals surface area contributed by atoms with Crippen LogP contribution in [0.5, 0.6) is 0 Å². The molecule has 2 aromatic rings. The Labute approximate surface area is 96.1 Å². The second-order valence-electron chi connectivity index (χ2n) is 3.84. The molecule has 1 aromatic heterocycles. The summed E-state index contributed by atoms with van der Waals surface area (Å²) in [6.07, 6.45) is 6.75. The second kappa shape index (κ2) is 4.72. The molecule has 16 heavy (non-hydrogen) atoms. The molecule has 1 aromatic carbocycles. The maximum absolute atomic E-state index is 5.72. The van der Waals surface area contributed by atoms with Crippen molar-refractivity contribution in [2.75, 3.05) is 0 Å². The van der Waals surface area contributed by atoms with E-state index in [-0.39, 0.29) is 0 Å². The lowest BCUT2D eigenvalue weighted by molar-refractivity contribution is 0.524. The largest absolute Gasteiger partial charge is 0.461 e. The van der Waals surface area contributed by atoms with Crippen LogP contribution in [0.1, 0.15) is 17.7 Å². The standard InChI is InChI=1S/C15H14O/c1-3-4-5-14-10-11-15(16-14)13-8-6-12(2)7-9-13/h1,6-11H,4-5H2,2H3. The highest BCUT2D eigenvalue weighted by Gasteiger charge is 2.03. The van der Waals surface area contributed by atoms with Crippen LogP contribution in [0, 0.1) is 19.3 Å². The van der Waals surface area contributed by atoms with E-state index in [2.05, 4.69) is 37.1 Å². The number of hydrogen-bond acceptors (Lipinski definition) is 1. The van der Waals surface area contributed by atoms with E-state index in [0.717, 1.165) is 29.9 Å². The van der Waals surface area contributed by atoms with Crippen molar-refractivity contribution in [3.05, 3.63) is 47.7 Å². The first-order valence-corrected chi connectivity index (χ1v) is 5.39. The monoisotopic (exact) mass is 210 g/mol. The Morgan fingerprint density at radius 3 is 2.56 bits per heavy atom. The topological polar surface area (TPSA) is 13.1 Å². The summed E-state index contributed by atoms with van der Waals surface area (Å²) in [7, 11) is 0. The zero-order valence-electron chi connectivity index (χ0n) is 9.36. The first-order valence-electron chi connectivity index (χ1n) is 5.39. The van der Waals surface area contributed by atoms with Gasteiger partial charge in [0, 0.05) is 18.4 Å². The summed E-state index contributed by atoms with van der Waals surface area (Å²) in [5.74, 6) is 4.47. The van der Waals surface area contributed by atoms with Crippen molar-refractivity contribution in [1.29, 1.82) is 0 Å². The Balaban J connectivity index is 2.18. The zero-order chi connectivity index (χ0) is 11.4. The molecule has 80 valence electrons. The average Bonchev–Trinajstić information content (AvgIpc) is 2.76. The van der Waals surface area contributed by atoms with Gasteiger partial charge in [-0.15, -0.1) is 12.3 Å². The minimum Gasteiger partial charge on any atom is -0.461 e. The van der Waals surface area contributed by atoms with Gasteiger partial charge in [-0.2, -0.15) is 0 Å². The number of aryl methyl sites for hydroxylation is 2. The highest BCUT2D eigenvalue weighted by molar-refractivity contribution is 5.57. The molecule has 0 saturated heterocycles. The quantitative estimate of drug-likeness (QED) is 0.702. The normalized spacial score (nSPS) is 10.0. The number of rotatable bonds is 3. The summed E-state index contributed by atoms with van der Waals surface area (Å²) >= 11 is 0. The van der Waals surface area contributed by atoms with Crippen molar-refractivity contribution in [1.82, 2.24) is 0 Å². The maximum Gasteiger partial charge on any atom is 0.134 e. The molecule has 0 spiro atoms. The summed E-state index contributed by atoms with van der Waals surface area (Å²) < 4.78 is 5.72. The fourth-order valence-corrected chi connectivity index (χ4v) is 1.58. The molecule has 1 heteroatoms. The second-order valence-corrected chi connectivity index (χ2v) is 3.84. The smallest absolute Gasteiger partial charge is 0.134 e. The molecule has 0 radical (unpaired) electrons. The van der Waals surface area contributed by atoms with Crippen LogP contribution < -0.4 is 0 Å². The number of hydrogen-bond donors (Lipinski definition) is 0. The third-order valence-electron chi connectivity index (χ3n) is 2.51. The lowest BCUT2D eigenvalue weighted by atomic mass is 10.1. The summed E-state index contributed by atoms with van der Waals surface area (Å²) in [6.45, 7) is 2.07. The van der Waals surface area contributed by atoms with Crippen LogP contribution >= 0.6 is 0 Å². The van der Waals surface area contributed by atoms with Gasteiger partial charge in [0.2, 0.25) is 0 Å². The first-order chi connectivity index (χ1) is 7.79. The van der Waals surface area contributed by atoms with E-state index < -0.39 is 0 Å². The molecule has 0 bridgehead atoms. The molecule has 0 N–H and O–H groups in total. The van der Waals surface area contributed by atoms with Gasteiger partial charge in [-0.3, -0.25) is 0 Å². The molecule has 0 saturated carbocycles. The van der Waals surface area contributed by atoms with Gasteiger partial charge in [0.25, 0.3) is 0 Å². The molecular formula is C15H14O. The Bertz CT molecular complexity index is 497. The third kappa shape index (κ3) is 2.35. The lowest BCUT2D eigenvalue weighted by Crippen LogP contribution is -1.78. The van der Waals surface area contributed by atoms with Gasteiger partial charge in [-0.1, -0.05) is 29.8 Å². The molecule has 0 amide bonds. The SMILES string of the molecule is C#CCCc1ccc(-c2ccc(C)cc2)o1. The van der Waals surface area contributed by atoms with Crippen molar-refractivity contribution in [2.45, 2.75) is 19.8 Å². The van der Waals surface area contributed by atoms with Gasteiger partial charge in [-0.25, -0.2) is 0 Å². The van der Waals surface area contributed by atoms with Crippen LogP contribution in [0.4, 0.5) is 0 Å². The van der Waals surface area contributed by atoms with E-state index in [0.29, 0.717) is 0 Å². The number of benzene rings is 1. The third-order valence-corrected chi connectivity index (χ3v) is 2.51. The van der Waals surface area contributed by atoms with Crippen molar-refractivity contribution in [2.24, 2.45) is 0 Å². The van der Waals surface area contributed by atoms with Crippen molar-refractivity contribution < 1.29 is 4.42 Å². The van der Waals surface area contributed by atoms with E-state index in [1.54, 1.807) is 0 Å². The Kier molecular flexibility index (Phi) is 3.12. The summed E-state index contributed by atoms with van der Waals surface area (Å²) in [5.41, 5.74) is 2.36. The minimum atomic E-state index is 0.723. The van der Waals surface area contributed by atoms with E-state index in [1.165, 1.54) is 5.56 Å². The van der Waals surface area contributed by atoms with Crippen LogP contribution in [0.25, 0.3) is 11.3 Å². The molecule has 0 unspecified atom stereocenters. The van der Waals surface area contributed by atoms with E-state index in [9.17, 15) is 0 Å². The van der Waals surface area contributed by atoms with Gasteiger partial charge < -0.3 is 4.42 Å². The van der Waals surface area contributed by atoms with E-state index in [1.807, 2.05) is 12.1 Å². The molecule has 0 atom stereocenters. The van der Waals surface area contributed by atoms with E-state index in [4.69, 9.17) is 10.8 Å². The fourth-order valence-electron chi connectivity index (χ4n) is 1.58. The maximum atomic E-state index is 5.72. The van der Waals surface area contributed by atoms with Crippen LogP contribution in [0.3, 0.4) is 0 Å². The highest BCUT2D eigenvalue weighted by atomic mass is 16.3. The van der Waals surface area contributed by atoms with Gasteiger partial charge in [0.15, 0.2) is 0 Å². The summed E-state index contributed by atoms with van der Waals surface area (Å²) in [5, 5.41) is 0. The van der Waals surface area contributed by atoms with Crippen LogP contribution in [-0.4, -0.2) is 0 Å². The average molecular weight is 210 g/mol. The molecule has 2 rings (SSSR count). The molecule has 0 aliphatic carbocycles. The van der Waals surface area contributed by atoms with Crippen molar-refractivity contribution >= 4 is 0 Å². The van der Waals surface area contributed by atoms with Gasteiger partial charge in [0.1, 0.15) is 11.5 Å². The zero-order valence-corrected chi connectivity index (χ0v) is 9.36. The minimum absolute atomic E-state index is 0.723. The number of furan rings is 1. The lowest BCUT2D eigenvalue weighted by Gasteiger charge is -1.97. The van der Waals surface area contributed by atoms with Crippen molar-refractivity contribution in [3.8, 4) is 23.7 Å². The highest BCUT2D eigenvalue weighted by Crippen LogP contribution is 2.22. The molecule has 0 aliphatic rings. The molecule has 0 aliphatic heterocycles. The number of terminal acetylenes is 1.